The molecule has 2 rings (SSSR count). The second-order valence-corrected chi connectivity index (χ2v) is 5.12. The third kappa shape index (κ3) is 4.11. The predicted molar refractivity (Wildman–Crippen MR) is 75.7 cm³/mol. The molecule has 0 bridgehead atoms. The van der Waals surface area contributed by atoms with E-state index >= 15 is 0 Å². The molecule has 100 valence electrons. The first-order valence-corrected chi connectivity index (χ1v) is 7.29. The molecular weight excluding hydrogens is 222 g/mol. The van der Waals surface area contributed by atoms with Gasteiger partial charge in [-0.1, -0.05) is 49.6 Å². The van der Waals surface area contributed by atoms with Gasteiger partial charge >= 0.3 is 0 Å². The first-order chi connectivity index (χ1) is 8.90. The van der Waals surface area contributed by atoms with Gasteiger partial charge in [0, 0.05) is 12.6 Å². The highest BCUT2D eigenvalue weighted by Crippen LogP contribution is 2.21. The zero-order valence-electron chi connectivity index (χ0n) is 11.4. The van der Waals surface area contributed by atoms with E-state index in [0.29, 0.717) is 12.1 Å². The maximum Gasteiger partial charge on any atom is 0.0661 e. The van der Waals surface area contributed by atoms with Crippen molar-refractivity contribution in [2.45, 2.75) is 51.1 Å². The topological polar surface area (TPSA) is 21.3 Å². The molecule has 1 atom stereocenters. The number of nitrogens with one attached hydrogen (secondary N) is 1. The van der Waals surface area contributed by atoms with Crippen molar-refractivity contribution < 1.29 is 4.74 Å². The van der Waals surface area contributed by atoms with E-state index in [1.165, 1.54) is 37.7 Å². The van der Waals surface area contributed by atoms with Crippen LogP contribution in [-0.4, -0.2) is 19.3 Å². The van der Waals surface area contributed by atoms with Crippen LogP contribution < -0.4 is 5.32 Å². The Kier molecular flexibility index (Phi) is 5.69. The summed E-state index contributed by atoms with van der Waals surface area (Å²) in [6.45, 7) is 3.62. The number of benzene rings is 1. The van der Waals surface area contributed by atoms with Gasteiger partial charge in [0.25, 0.3) is 0 Å². The molecule has 0 aliphatic heterocycles. The van der Waals surface area contributed by atoms with E-state index in [1.54, 1.807) is 0 Å². The highest BCUT2D eigenvalue weighted by Gasteiger charge is 2.19. The largest absolute Gasteiger partial charge is 0.380 e. The number of hydrogen-bond acceptors (Lipinski definition) is 2. The Labute approximate surface area is 111 Å². The third-order valence-electron chi connectivity index (χ3n) is 3.73. The average molecular weight is 247 g/mol. The predicted octanol–water partition coefficient (Wildman–Crippen LogP) is 3.69. The molecule has 0 unspecified atom stereocenters. The lowest BCUT2D eigenvalue weighted by Crippen LogP contribution is -2.36. The Hall–Kier alpha value is -0.860. The molecule has 2 heteroatoms. The van der Waals surface area contributed by atoms with Crippen molar-refractivity contribution in [1.82, 2.24) is 5.32 Å². The summed E-state index contributed by atoms with van der Waals surface area (Å²) in [6.07, 6.45) is 6.77. The molecule has 0 aromatic heterocycles. The van der Waals surface area contributed by atoms with E-state index in [9.17, 15) is 0 Å². The molecule has 0 spiro atoms. The minimum Gasteiger partial charge on any atom is -0.380 e. The highest BCUT2D eigenvalue weighted by atomic mass is 16.5. The van der Waals surface area contributed by atoms with Gasteiger partial charge in [-0.05, 0) is 25.3 Å². The zero-order chi connectivity index (χ0) is 12.6. The molecule has 18 heavy (non-hydrogen) atoms. The Bertz CT molecular complexity index is 319. The molecule has 1 aromatic rings. The molecule has 0 amide bonds. The molecule has 1 aliphatic carbocycles. The molecule has 1 saturated carbocycles. The Balaban J connectivity index is 1.95. The minimum absolute atomic E-state index is 0.342. The van der Waals surface area contributed by atoms with Crippen molar-refractivity contribution in [1.29, 1.82) is 0 Å². The fourth-order valence-electron chi connectivity index (χ4n) is 2.72. The van der Waals surface area contributed by atoms with E-state index in [2.05, 4.69) is 42.6 Å². The van der Waals surface area contributed by atoms with Gasteiger partial charge in [-0.25, -0.2) is 0 Å². The quantitative estimate of drug-likeness (QED) is 0.828. The first-order valence-electron chi connectivity index (χ1n) is 7.29. The monoisotopic (exact) mass is 247 g/mol. The summed E-state index contributed by atoms with van der Waals surface area (Å²) in [5.74, 6) is 0. The summed E-state index contributed by atoms with van der Waals surface area (Å²) in [7, 11) is 0. The smallest absolute Gasteiger partial charge is 0.0661 e. The van der Waals surface area contributed by atoms with E-state index in [1.807, 2.05) is 0 Å². The van der Waals surface area contributed by atoms with Crippen LogP contribution in [0.25, 0.3) is 0 Å². The van der Waals surface area contributed by atoms with Crippen molar-refractivity contribution in [3.8, 4) is 0 Å². The lowest BCUT2D eigenvalue weighted by molar-refractivity contribution is 0.116. The van der Waals surface area contributed by atoms with E-state index < -0.39 is 0 Å². The summed E-state index contributed by atoms with van der Waals surface area (Å²) >= 11 is 0. The molecule has 2 nitrogen and oxygen atoms in total. The second-order valence-electron chi connectivity index (χ2n) is 5.12. The molecule has 1 fully saturated rings. The SMILES string of the molecule is CCOC[C@@H](NC1CCCCC1)c1ccccc1. The summed E-state index contributed by atoms with van der Waals surface area (Å²) in [5, 5.41) is 3.78. The van der Waals surface area contributed by atoms with Gasteiger partial charge in [0.1, 0.15) is 0 Å². The van der Waals surface area contributed by atoms with Crippen LogP contribution in [-0.2, 0) is 4.74 Å². The molecular formula is C16H25NO. The number of hydrogen-bond donors (Lipinski definition) is 1. The lowest BCUT2D eigenvalue weighted by atomic mass is 9.94. The summed E-state index contributed by atoms with van der Waals surface area (Å²) in [6, 6.07) is 11.7. The van der Waals surface area contributed by atoms with Crippen LogP contribution in [0.15, 0.2) is 30.3 Å². The highest BCUT2D eigenvalue weighted by molar-refractivity contribution is 5.19. The second kappa shape index (κ2) is 7.55. The van der Waals surface area contributed by atoms with Gasteiger partial charge < -0.3 is 10.1 Å². The summed E-state index contributed by atoms with van der Waals surface area (Å²) in [5.41, 5.74) is 1.34. The van der Waals surface area contributed by atoms with Crippen LogP contribution in [0.2, 0.25) is 0 Å². The summed E-state index contributed by atoms with van der Waals surface area (Å²) < 4.78 is 5.63. The Morgan fingerprint density at radius 3 is 2.56 bits per heavy atom. The van der Waals surface area contributed by atoms with Gasteiger partial charge in [0.2, 0.25) is 0 Å². The Morgan fingerprint density at radius 1 is 1.17 bits per heavy atom. The van der Waals surface area contributed by atoms with Gasteiger partial charge in [-0.3, -0.25) is 0 Å². The number of rotatable bonds is 6. The van der Waals surface area contributed by atoms with E-state index in [4.69, 9.17) is 4.74 Å². The van der Waals surface area contributed by atoms with Crippen LogP contribution in [0.1, 0.15) is 50.6 Å². The van der Waals surface area contributed by atoms with Crippen molar-refractivity contribution >= 4 is 0 Å². The maximum atomic E-state index is 5.63. The van der Waals surface area contributed by atoms with Crippen molar-refractivity contribution in [2.75, 3.05) is 13.2 Å². The van der Waals surface area contributed by atoms with Crippen LogP contribution in [0.3, 0.4) is 0 Å². The molecule has 0 heterocycles. The van der Waals surface area contributed by atoms with Crippen LogP contribution in [0, 0.1) is 0 Å². The molecule has 0 saturated heterocycles. The zero-order valence-corrected chi connectivity index (χ0v) is 11.4. The van der Waals surface area contributed by atoms with Crippen LogP contribution in [0.4, 0.5) is 0 Å². The molecule has 1 aliphatic rings. The number of ether oxygens (including phenoxy) is 1. The Morgan fingerprint density at radius 2 is 1.89 bits per heavy atom. The fraction of sp³-hybridized carbons (Fsp3) is 0.625. The first kappa shape index (κ1) is 13.6. The normalized spacial score (nSPS) is 18.7. The third-order valence-corrected chi connectivity index (χ3v) is 3.73. The fourth-order valence-corrected chi connectivity index (χ4v) is 2.72. The van der Waals surface area contributed by atoms with Gasteiger partial charge in [-0.2, -0.15) is 0 Å². The van der Waals surface area contributed by atoms with Crippen molar-refractivity contribution in [2.24, 2.45) is 0 Å². The summed E-state index contributed by atoms with van der Waals surface area (Å²) in [4.78, 5) is 0. The van der Waals surface area contributed by atoms with Gasteiger partial charge in [-0.15, -0.1) is 0 Å². The van der Waals surface area contributed by atoms with Crippen LogP contribution in [0.5, 0.6) is 0 Å². The van der Waals surface area contributed by atoms with Gasteiger partial charge in [0.15, 0.2) is 0 Å². The van der Waals surface area contributed by atoms with Gasteiger partial charge in [0.05, 0.1) is 12.6 Å². The van der Waals surface area contributed by atoms with Crippen LogP contribution >= 0.6 is 0 Å². The molecule has 1 aromatic carbocycles. The average Bonchev–Trinajstić information content (AvgIpc) is 2.45. The maximum absolute atomic E-state index is 5.63. The minimum atomic E-state index is 0.342. The van der Waals surface area contributed by atoms with Crippen molar-refractivity contribution in [3.05, 3.63) is 35.9 Å². The van der Waals surface area contributed by atoms with E-state index in [0.717, 1.165) is 13.2 Å². The van der Waals surface area contributed by atoms with E-state index in [-0.39, 0.29) is 0 Å². The van der Waals surface area contributed by atoms with Crippen molar-refractivity contribution in [3.63, 3.8) is 0 Å². The molecule has 0 radical (unpaired) electrons. The molecule has 1 N–H and O–H groups in total. The standard InChI is InChI=1S/C16H25NO/c1-2-18-13-16(14-9-5-3-6-10-14)17-15-11-7-4-8-12-15/h3,5-6,9-10,15-17H,2,4,7-8,11-13H2,1H3/t16-/m1/s1. The lowest BCUT2D eigenvalue weighted by Gasteiger charge is -2.28.